The number of carbonyl (C=O) groups is 1. The summed E-state index contributed by atoms with van der Waals surface area (Å²) >= 11 is 3.21. The third kappa shape index (κ3) is 1.53. The van der Waals surface area contributed by atoms with Crippen LogP contribution in [0.25, 0.3) is 0 Å². The predicted octanol–water partition coefficient (Wildman–Crippen LogP) is 0.763. The number of fused-ring (bicyclic) bond motifs is 1. The molecule has 3 aliphatic rings. The van der Waals surface area contributed by atoms with Crippen LogP contribution in [0.1, 0.15) is 12.8 Å². The largest absolute Gasteiger partial charge is 0.350 e. The van der Waals surface area contributed by atoms with E-state index in [4.69, 9.17) is 0 Å². The van der Waals surface area contributed by atoms with E-state index in [9.17, 15) is 4.79 Å². The summed E-state index contributed by atoms with van der Waals surface area (Å²) in [7, 11) is 0. The summed E-state index contributed by atoms with van der Waals surface area (Å²) in [6, 6.07) is 0. The highest BCUT2D eigenvalue weighted by Crippen LogP contribution is 2.43. The SMILES string of the molecule is C=C(Br)CNC(=O)C12CC(CN1)C2. The molecule has 2 saturated heterocycles. The summed E-state index contributed by atoms with van der Waals surface area (Å²) in [4.78, 5) is 11.7. The van der Waals surface area contributed by atoms with Gasteiger partial charge in [0.1, 0.15) is 0 Å². The van der Waals surface area contributed by atoms with Crippen LogP contribution in [0.3, 0.4) is 0 Å². The molecule has 1 saturated carbocycles. The fourth-order valence-corrected chi connectivity index (χ4v) is 2.31. The monoisotopic (exact) mass is 244 g/mol. The van der Waals surface area contributed by atoms with Gasteiger partial charge in [0.05, 0.1) is 5.54 Å². The van der Waals surface area contributed by atoms with Gasteiger partial charge in [-0.05, 0) is 25.3 Å². The molecule has 72 valence electrons. The molecule has 0 spiro atoms. The molecule has 3 rings (SSSR count). The van der Waals surface area contributed by atoms with Crippen molar-refractivity contribution < 1.29 is 4.79 Å². The van der Waals surface area contributed by atoms with Crippen LogP contribution in [0.2, 0.25) is 0 Å². The van der Waals surface area contributed by atoms with Crippen molar-refractivity contribution >= 4 is 21.8 Å². The van der Waals surface area contributed by atoms with Crippen molar-refractivity contribution in [3.05, 3.63) is 11.1 Å². The van der Waals surface area contributed by atoms with Crippen molar-refractivity contribution in [3.63, 3.8) is 0 Å². The summed E-state index contributed by atoms with van der Waals surface area (Å²) < 4.78 is 0.811. The zero-order chi connectivity index (χ0) is 9.47. The minimum atomic E-state index is -0.229. The lowest BCUT2D eigenvalue weighted by molar-refractivity contribution is -0.129. The quantitative estimate of drug-likeness (QED) is 0.770. The van der Waals surface area contributed by atoms with Gasteiger partial charge >= 0.3 is 0 Å². The first-order valence-electron chi connectivity index (χ1n) is 4.49. The van der Waals surface area contributed by atoms with E-state index in [-0.39, 0.29) is 11.4 Å². The van der Waals surface area contributed by atoms with Gasteiger partial charge in [0.2, 0.25) is 5.91 Å². The Hall–Kier alpha value is -0.350. The molecular formula is C9H13BrN2O. The average Bonchev–Trinajstić information content (AvgIpc) is 2.56. The van der Waals surface area contributed by atoms with Crippen LogP contribution in [0.15, 0.2) is 11.1 Å². The highest BCUT2D eigenvalue weighted by Gasteiger charge is 2.55. The maximum atomic E-state index is 11.7. The van der Waals surface area contributed by atoms with Gasteiger partial charge in [-0.1, -0.05) is 22.5 Å². The van der Waals surface area contributed by atoms with Crippen LogP contribution in [-0.2, 0) is 4.79 Å². The summed E-state index contributed by atoms with van der Waals surface area (Å²) in [6.45, 7) is 5.19. The van der Waals surface area contributed by atoms with Gasteiger partial charge in [0.25, 0.3) is 0 Å². The maximum absolute atomic E-state index is 11.7. The second kappa shape index (κ2) is 3.10. The lowest BCUT2D eigenvalue weighted by Crippen LogP contribution is -2.56. The second-order valence-electron chi connectivity index (χ2n) is 3.94. The molecular weight excluding hydrogens is 232 g/mol. The summed E-state index contributed by atoms with van der Waals surface area (Å²) in [5, 5.41) is 6.13. The molecule has 1 amide bonds. The lowest BCUT2D eigenvalue weighted by Gasteiger charge is -2.35. The van der Waals surface area contributed by atoms with Crippen molar-refractivity contribution in [1.82, 2.24) is 10.6 Å². The van der Waals surface area contributed by atoms with Crippen molar-refractivity contribution in [1.29, 1.82) is 0 Å². The van der Waals surface area contributed by atoms with E-state index in [2.05, 4.69) is 33.1 Å². The molecule has 2 N–H and O–H groups in total. The molecule has 4 heteroatoms. The van der Waals surface area contributed by atoms with E-state index in [0.717, 1.165) is 29.8 Å². The molecule has 2 heterocycles. The average molecular weight is 245 g/mol. The summed E-state index contributed by atoms with van der Waals surface area (Å²) in [5.74, 6) is 0.861. The van der Waals surface area contributed by atoms with Gasteiger partial charge in [-0.3, -0.25) is 4.79 Å². The summed E-state index contributed by atoms with van der Waals surface area (Å²) in [6.07, 6.45) is 2.02. The third-order valence-electron chi connectivity index (χ3n) is 2.88. The fourth-order valence-electron chi connectivity index (χ4n) is 2.17. The first-order valence-corrected chi connectivity index (χ1v) is 5.28. The molecule has 0 atom stereocenters. The number of halogens is 1. The molecule has 0 radical (unpaired) electrons. The molecule has 2 aliphatic heterocycles. The molecule has 3 nitrogen and oxygen atoms in total. The topological polar surface area (TPSA) is 41.1 Å². The Labute approximate surface area is 86.1 Å². The number of carbonyl (C=O) groups excluding carboxylic acids is 1. The highest BCUT2D eigenvalue weighted by atomic mass is 79.9. The van der Waals surface area contributed by atoms with E-state index < -0.39 is 0 Å². The fraction of sp³-hybridized carbons (Fsp3) is 0.667. The minimum absolute atomic E-state index is 0.127. The Kier molecular flexibility index (Phi) is 2.20. The lowest BCUT2D eigenvalue weighted by atomic mass is 9.73. The van der Waals surface area contributed by atoms with E-state index in [1.807, 2.05) is 0 Å². The second-order valence-corrected chi connectivity index (χ2v) is 5.06. The van der Waals surface area contributed by atoms with Crippen molar-refractivity contribution in [2.24, 2.45) is 5.92 Å². The first kappa shape index (κ1) is 9.21. The number of hydrogen-bond acceptors (Lipinski definition) is 2. The number of hydrogen-bond donors (Lipinski definition) is 2. The van der Waals surface area contributed by atoms with Gasteiger partial charge in [0.15, 0.2) is 0 Å². The predicted molar refractivity (Wildman–Crippen MR) is 54.5 cm³/mol. The molecule has 0 unspecified atom stereocenters. The molecule has 0 aromatic rings. The van der Waals surface area contributed by atoms with Crippen molar-refractivity contribution in [3.8, 4) is 0 Å². The molecule has 2 bridgehead atoms. The van der Waals surface area contributed by atoms with E-state index in [0.29, 0.717) is 6.54 Å². The molecule has 3 fully saturated rings. The van der Waals surface area contributed by atoms with Crippen molar-refractivity contribution in [2.45, 2.75) is 18.4 Å². The third-order valence-corrected chi connectivity index (χ3v) is 3.16. The molecule has 0 aromatic heterocycles. The van der Waals surface area contributed by atoms with E-state index >= 15 is 0 Å². The van der Waals surface area contributed by atoms with Crippen LogP contribution in [0.4, 0.5) is 0 Å². The van der Waals surface area contributed by atoms with Crippen LogP contribution >= 0.6 is 15.9 Å². The number of amides is 1. The molecule has 1 aliphatic carbocycles. The summed E-state index contributed by atoms with van der Waals surface area (Å²) in [5.41, 5.74) is -0.229. The Morgan fingerprint density at radius 1 is 1.69 bits per heavy atom. The van der Waals surface area contributed by atoms with Crippen molar-refractivity contribution in [2.75, 3.05) is 13.1 Å². The number of rotatable bonds is 3. The van der Waals surface area contributed by atoms with Gasteiger partial charge in [-0.15, -0.1) is 0 Å². The van der Waals surface area contributed by atoms with Crippen LogP contribution in [-0.4, -0.2) is 24.5 Å². The van der Waals surface area contributed by atoms with Gasteiger partial charge in [-0.2, -0.15) is 0 Å². The maximum Gasteiger partial charge on any atom is 0.240 e. The van der Waals surface area contributed by atoms with Crippen LogP contribution in [0.5, 0.6) is 0 Å². The van der Waals surface area contributed by atoms with Crippen LogP contribution in [0, 0.1) is 5.92 Å². The van der Waals surface area contributed by atoms with E-state index in [1.165, 1.54) is 0 Å². The minimum Gasteiger partial charge on any atom is -0.350 e. The first-order chi connectivity index (χ1) is 6.12. The highest BCUT2D eigenvalue weighted by molar-refractivity contribution is 9.11. The molecule has 13 heavy (non-hydrogen) atoms. The normalized spacial score (nSPS) is 35.3. The Bertz CT molecular complexity index is 253. The standard InChI is InChI=1S/C9H13BrN2O/c1-6(10)4-11-8(13)9-2-7(3-9)5-12-9/h7,12H,1-5H2,(H,11,13). The Morgan fingerprint density at radius 3 is 2.85 bits per heavy atom. The smallest absolute Gasteiger partial charge is 0.240 e. The van der Waals surface area contributed by atoms with Gasteiger partial charge in [0, 0.05) is 11.0 Å². The zero-order valence-electron chi connectivity index (χ0n) is 7.40. The Morgan fingerprint density at radius 2 is 2.38 bits per heavy atom. The van der Waals surface area contributed by atoms with Crippen LogP contribution < -0.4 is 10.6 Å². The van der Waals surface area contributed by atoms with Gasteiger partial charge < -0.3 is 10.6 Å². The Balaban J connectivity index is 1.87. The van der Waals surface area contributed by atoms with E-state index in [1.54, 1.807) is 0 Å². The molecule has 0 aromatic carbocycles. The number of nitrogens with one attached hydrogen (secondary N) is 2. The van der Waals surface area contributed by atoms with Gasteiger partial charge in [-0.25, -0.2) is 0 Å². The zero-order valence-corrected chi connectivity index (χ0v) is 8.99.